The van der Waals surface area contributed by atoms with Crippen LogP contribution in [0.15, 0.2) is 18.2 Å². The van der Waals surface area contributed by atoms with Crippen LogP contribution in [0.3, 0.4) is 0 Å². The number of rotatable bonds is 8. The topological polar surface area (TPSA) is 75.6 Å². The van der Waals surface area contributed by atoms with Gasteiger partial charge in [-0.25, -0.2) is 4.79 Å². The Hall–Kier alpha value is -2.04. The summed E-state index contributed by atoms with van der Waals surface area (Å²) < 4.78 is 5.62. The number of aryl methyl sites for hydroxylation is 2. The van der Waals surface area contributed by atoms with E-state index in [1.165, 1.54) is 17.5 Å². The molecule has 1 atom stereocenters. The summed E-state index contributed by atoms with van der Waals surface area (Å²) in [5, 5.41) is 11.7. The molecule has 0 spiro atoms. The highest BCUT2D eigenvalue weighted by molar-refractivity contribution is 5.83. The van der Waals surface area contributed by atoms with E-state index in [1.807, 2.05) is 26.0 Å². The molecule has 0 aliphatic heterocycles. The second kappa shape index (κ2) is 7.99. The van der Waals surface area contributed by atoms with Crippen LogP contribution in [0.1, 0.15) is 44.2 Å². The van der Waals surface area contributed by atoms with Gasteiger partial charge in [-0.2, -0.15) is 0 Å². The highest BCUT2D eigenvalue weighted by atomic mass is 16.5. The Morgan fingerprint density at radius 2 is 2.00 bits per heavy atom. The third kappa shape index (κ3) is 5.27. The van der Waals surface area contributed by atoms with Crippen LogP contribution in [-0.2, 0) is 22.4 Å². The summed E-state index contributed by atoms with van der Waals surface area (Å²) in [5.41, 5.74) is 2.71. The fourth-order valence-electron chi connectivity index (χ4n) is 2.86. The van der Waals surface area contributed by atoms with E-state index in [2.05, 4.69) is 11.4 Å². The second-order valence-corrected chi connectivity index (χ2v) is 6.47. The van der Waals surface area contributed by atoms with Gasteiger partial charge in [0.25, 0.3) is 0 Å². The predicted molar refractivity (Wildman–Crippen MR) is 87.6 cm³/mol. The van der Waals surface area contributed by atoms with Crippen molar-refractivity contribution in [2.75, 3.05) is 6.61 Å². The molecule has 5 nitrogen and oxygen atoms in total. The lowest BCUT2D eigenvalue weighted by Gasteiger charge is -2.16. The molecular weight excluding hydrogens is 294 g/mol. The van der Waals surface area contributed by atoms with Crippen LogP contribution >= 0.6 is 0 Å². The molecule has 1 aromatic carbocycles. The van der Waals surface area contributed by atoms with Crippen LogP contribution in [0, 0.1) is 5.92 Å². The molecule has 0 radical (unpaired) electrons. The van der Waals surface area contributed by atoms with Crippen molar-refractivity contribution in [3.05, 3.63) is 29.3 Å². The molecule has 0 fully saturated rings. The summed E-state index contributed by atoms with van der Waals surface area (Å²) in [7, 11) is 0. The lowest BCUT2D eigenvalue weighted by Crippen LogP contribution is -2.42. The number of carbonyl (C=O) groups is 2. The summed E-state index contributed by atoms with van der Waals surface area (Å²) in [6.45, 7) is 4.11. The third-order valence-electron chi connectivity index (χ3n) is 4.01. The van der Waals surface area contributed by atoms with Crippen molar-refractivity contribution in [3.63, 3.8) is 0 Å². The molecule has 1 unspecified atom stereocenters. The Labute approximate surface area is 137 Å². The van der Waals surface area contributed by atoms with E-state index in [0.29, 0.717) is 6.42 Å². The van der Waals surface area contributed by atoms with Gasteiger partial charge in [0.15, 0.2) is 0 Å². The van der Waals surface area contributed by atoms with Crippen LogP contribution in [0.2, 0.25) is 0 Å². The van der Waals surface area contributed by atoms with Gasteiger partial charge in [-0.15, -0.1) is 0 Å². The van der Waals surface area contributed by atoms with Crippen molar-refractivity contribution in [2.45, 2.75) is 52.0 Å². The van der Waals surface area contributed by atoms with Crippen LogP contribution < -0.4 is 10.1 Å². The van der Waals surface area contributed by atoms with E-state index < -0.39 is 12.0 Å². The van der Waals surface area contributed by atoms with Gasteiger partial charge < -0.3 is 15.2 Å². The Bertz CT molecular complexity index is 568. The molecule has 0 saturated carbocycles. The number of carbonyl (C=O) groups excluding carboxylic acids is 1. The van der Waals surface area contributed by atoms with Crippen molar-refractivity contribution >= 4 is 11.9 Å². The van der Waals surface area contributed by atoms with Gasteiger partial charge in [-0.1, -0.05) is 19.9 Å². The fraction of sp³-hybridized carbons (Fsp3) is 0.556. The predicted octanol–water partition coefficient (Wildman–Crippen LogP) is 2.56. The van der Waals surface area contributed by atoms with Gasteiger partial charge in [0.2, 0.25) is 5.91 Å². The zero-order valence-corrected chi connectivity index (χ0v) is 13.8. The average molecular weight is 319 g/mol. The quantitative estimate of drug-likeness (QED) is 0.772. The number of aliphatic carboxylic acids is 1. The van der Waals surface area contributed by atoms with Gasteiger partial charge in [0, 0.05) is 0 Å². The van der Waals surface area contributed by atoms with Crippen LogP contribution in [0.25, 0.3) is 0 Å². The smallest absolute Gasteiger partial charge is 0.326 e. The number of carboxylic acids is 1. The number of hydrogen-bond acceptors (Lipinski definition) is 3. The van der Waals surface area contributed by atoms with E-state index in [9.17, 15) is 9.59 Å². The SMILES string of the molecule is CC(C)CC(NC(=O)CCOc1ccc2c(c1)CCC2)C(=O)O. The molecule has 0 bridgehead atoms. The second-order valence-electron chi connectivity index (χ2n) is 6.47. The molecule has 1 aliphatic rings. The number of benzene rings is 1. The Morgan fingerprint density at radius 3 is 2.70 bits per heavy atom. The van der Waals surface area contributed by atoms with E-state index in [1.54, 1.807) is 0 Å². The lowest BCUT2D eigenvalue weighted by atomic mass is 10.0. The molecule has 0 saturated heterocycles. The summed E-state index contributed by atoms with van der Waals surface area (Å²) in [5.74, 6) is -0.305. The van der Waals surface area contributed by atoms with Crippen molar-refractivity contribution in [2.24, 2.45) is 5.92 Å². The molecule has 2 N–H and O–H groups in total. The number of carboxylic acid groups (broad SMARTS) is 1. The number of hydrogen-bond donors (Lipinski definition) is 2. The zero-order valence-electron chi connectivity index (χ0n) is 13.8. The largest absolute Gasteiger partial charge is 0.493 e. The minimum Gasteiger partial charge on any atom is -0.493 e. The maximum atomic E-state index is 11.9. The van der Waals surface area contributed by atoms with E-state index >= 15 is 0 Å². The van der Waals surface area contributed by atoms with Crippen molar-refractivity contribution in [1.82, 2.24) is 5.32 Å². The maximum Gasteiger partial charge on any atom is 0.326 e. The first-order valence-corrected chi connectivity index (χ1v) is 8.22. The third-order valence-corrected chi connectivity index (χ3v) is 4.01. The Kier molecular flexibility index (Phi) is 6.02. The van der Waals surface area contributed by atoms with Crippen molar-refractivity contribution < 1.29 is 19.4 Å². The molecule has 5 heteroatoms. The fourth-order valence-corrected chi connectivity index (χ4v) is 2.86. The normalized spacial score (nSPS) is 14.4. The van der Waals surface area contributed by atoms with Crippen LogP contribution in [0.4, 0.5) is 0 Å². The molecule has 0 heterocycles. The first-order chi connectivity index (χ1) is 11.0. The zero-order chi connectivity index (χ0) is 16.8. The monoisotopic (exact) mass is 319 g/mol. The van der Waals surface area contributed by atoms with E-state index in [-0.39, 0.29) is 24.9 Å². The van der Waals surface area contributed by atoms with Crippen molar-refractivity contribution in [1.29, 1.82) is 0 Å². The molecule has 1 aliphatic carbocycles. The molecule has 0 aromatic heterocycles. The molecule has 2 rings (SSSR count). The average Bonchev–Trinajstić information content (AvgIpc) is 2.93. The van der Waals surface area contributed by atoms with Gasteiger partial charge in [0.1, 0.15) is 11.8 Å². The highest BCUT2D eigenvalue weighted by Crippen LogP contribution is 2.26. The highest BCUT2D eigenvalue weighted by Gasteiger charge is 2.20. The van der Waals surface area contributed by atoms with Crippen molar-refractivity contribution in [3.8, 4) is 5.75 Å². The van der Waals surface area contributed by atoms with Gasteiger partial charge >= 0.3 is 5.97 Å². The number of ether oxygens (including phenoxy) is 1. The minimum atomic E-state index is -0.994. The molecular formula is C18H25NO4. The summed E-state index contributed by atoms with van der Waals surface area (Å²) in [4.78, 5) is 23.0. The van der Waals surface area contributed by atoms with Crippen LogP contribution in [0.5, 0.6) is 5.75 Å². The number of fused-ring (bicyclic) bond motifs is 1. The Balaban J connectivity index is 1.77. The van der Waals surface area contributed by atoms with E-state index in [0.717, 1.165) is 18.6 Å². The number of amides is 1. The van der Waals surface area contributed by atoms with Crippen LogP contribution in [-0.4, -0.2) is 29.6 Å². The Morgan fingerprint density at radius 1 is 1.26 bits per heavy atom. The molecule has 23 heavy (non-hydrogen) atoms. The van der Waals surface area contributed by atoms with Gasteiger partial charge in [0.05, 0.1) is 13.0 Å². The first-order valence-electron chi connectivity index (χ1n) is 8.22. The molecule has 1 aromatic rings. The first kappa shape index (κ1) is 17.3. The minimum absolute atomic E-state index is 0.152. The van der Waals surface area contributed by atoms with Gasteiger partial charge in [-0.3, -0.25) is 4.79 Å². The number of nitrogens with one attached hydrogen (secondary N) is 1. The lowest BCUT2D eigenvalue weighted by molar-refractivity contribution is -0.142. The maximum absolute atomic E-state index is 11.9. The van der Waals surface area contributed by atoms with Gasteiger partial charge in [-0.05, 0) is 54.9 Å². The summed E-state index contributed by atoms with van der Waals surface area (Å²) in [6, 6.07) is 5.23. The molecule has 1 amide bonds. The summed E-state index contributed by atoms with van der Waals surface area (Å²) in [6.07, 6.45) is 3.98. The van der Waals surface area contributed by atoms with E-state index in [4.69, 9.17) is 9.84 Å². The molecule has 126 valence electrons. The summed E-state index contributed by atoms with van der Waals surface area (Å²) >= 11 is 0. The standard InChI is InChI=1S/C18H25NO4/c1-12(2)10-16(18(21)22)19-17(20)8-9-23-15-7-6-13-4-3-5-14(13)11-15/h6-7,11-12,16H,3-5,8-10H2,1-2H3,(H,19,20)(H,21,22).